The minimum atomic E-state index is -0.535. The van der Waals surface area contributed by atoms with Crippen molar-refractivity contribution in [3.05, 3.63) is 84.4 Å². The van der Waals surface area contributed by atoms with Crippen molar-refractivity contribution in [2.75, 3.05) is 19.9 Å². The summed E-state index contributed by atoms with van der Waals surface area (Å²) in [5.41, 5.74) is 7.45. The molecule has 2 N–H and O–H groups in total. The molecule has 0 aliphatic carbocycles. The first-order valence-electron chi connectivity index (χ1n) is 9.07. The largest absolute Gasteiger partial charge is 0.479 e. The zero-order chi connectivity index (χ0) is 20.3. The number of benzene rings is 1. The third kappa shape index (κ3) is 6.07. The summed E-state index contributed by atoms with van der Waals surface area (Å²) in [4.78, 5) is 21.8. The number of primary amides is 1. The summed E-state index contributed by atoms with van der Waals surface area (Å²) in [7, 11) is 0. The van der Waals surface area contributed by atoms with Gasteiger partial charge in [0.2, 0.25) is 0 Å². The van der Waals surface area contributed by atoms with Crippen LogP contribution >= 0.6 is 0 Å². The van der Waals surface area contributed by atoms with Gasteiger partial charge in [0.1, 0.15) is 18.1 Å². The van der Waals surface area contributed by atoms with E-state index in [9.17, 15) is 4.79 Å². The number of para-hydroxylation sites is 1. The van der Waals surface area contributed by atoms with Gasteiger partial charge in [-0.15, -0.1) is 0 Å². The van der Waals surface area contributed by atoms with Gasteiger partial charge < -0.3 is 20.1 Å². The smallest absolute Gasteiger partial charge is 0.265 e. The van der Waals surface area contributed by atoms with E-state index in [0.717, 1.165) is 11.3 Å². The molecule has 1 amide bonds. The summed E-state index contributed by atoms with van der Waals surface area (Å²) < 4.78 is 11.1. The van der Waals surface area contributed by atoms with Crippen molar-refractivity contribution in [2.45, 2.75) is 0 Å². The highest BCUT2D eigenvalue weighted by Gasteiger charge is 2.21. The van der Waals surface area contributed by atoms with Crippen LogP contribution in [0.15, 0.2) is 88.8 Å². The molecule has 7 nitrogen and oxygen atoms in total. The highest BCUT2D eigenvalue weighted by molar-refractivity contribution is 6.07. The van der Waals surface area contributed by atoms with E-state index >= 15 is 0 Å². The second-order valence-electron chi connectivity index (χ2n) is 6.04. The molecule has 0 unspecified atom stereocenters. The molecule has 2 aliphatic rings. The molecule has 1 aromatic rings. The van der Waals surface area contributed by atoms with Gasteiger partial charge in [-0.25, -0.2) is 9.98 Å². The number of rotatable bonds is 1. The van der Waals surface area contributed by atoms with Crippen molar-refractivity contribution in [3.8, 4) is 5.75 Å². The third-order valence-corrected chi connectivity index (χ3v) is 4.01. The Kier molecular flexibility index (Phi) is 7.17. The molecule has 0 saturated carbocycles. The Bertz CT molecular complexity index is 939. The average molecular weight is 390 g/mol. The van der Waals surface area contributed by atoms with Crippen LogP contribution in [0.4, 0.5) is 0 Å². The Hall–Kier alpha value is -3.87. The van der Waals surface area contributed by atoms with E-state index in [1.807, 2.05) is 60.7 Å². The lowest BCUT2D eigenvalue weighted by molar-refractivity contribution is -0.115. The van der Waals surface area contributed by atoms with Crippen LogP contribution in [0.3, 0.4) is 0 Å². The molecule has 3 rings (SSSR count). The van der Waals surface area contributed by atoms with Crippen LogP contribution in [-0.4, -0.2) is 42.8 Å². The molecule has 7 heteroatoms. The number of hydrogen-bond acceptors (Lipinski definition) is 6. The number of carbonyl (C=O) groups excluding carboxylic acids is 1. The lowest BCUT2D eigenvalue weighted by Gasteiger charge is -2.13. The SMILES string of the molecule is NC(=O)C1=C/C2=N/COc3ccccc3\C=C/C=C\C=C/COC=N/C=C\N1C2. The summed E-state index contributed by atoms with van der Waals surface area (Å²) in [6, 6.07) is 7.71. The minimum absolute atomic E-state index is 0.130. The van der Waals surface area contributed by atoms with Crippen LogP contribution in [0.5, 0.6) is 5.75 Å². The molecule has 1 aromatic carbocycles. The molecule has 2 bridgehead atoms. The van der Waals surface area contributed by atoms with Gasteiger partial charge in [0, 0.05) is 18.0 Å². The maximum Gasteiger partial charge on any atom is 0.265 e. The predicted molar refractivity (Wildman–Crippen MR) is 114 cm³/mol. The number of nitrogens with zero attached hydrogens (tertiary/aromatic N) is 3. The van der Waals surface area contributed by atoms with Gasteiger partial charge >= 0.3 is 0 Å². The monoisotopic (exact) mass is 390 g/mol. The van der Waals surface area contributed by atoms with Crippen LogP contribution in [0.25, 0.3) is 6.08 Å². The van der Waals surface area contributed by atoms with E-state index in [2.05, 4.69) is 9.98 Å². The maximum absolute atomic E-state index is 11.7. The summed E-state index contributed by atoms with van der Waals surface area (Å²) in [5, 5.41) is 0. The molecular formula is C22H22N4O3. The number of allylic oxidation sites excluding steroid dienone is 4. The number of fused-ring (bicyclic) bond motifs is 3. The van der Waals surface area contributed by atoms with E-state index in [0.29, 0.717) is 24.6 Å². The summed E-state index contributed by atoms with van der Waals surface area (Å²) in [6.07, 6.45) is 17.6. The van der Waals surface area contributed by atoms with Gasteiger partial charge in [-0.3, -0.25) is 4.79 Å². The first-order valence-corrected chi connectivity index (χ1v) is 9.07. The fourth-order valence-corrected chi connectivity index (χ4v) is 2.64. The van der Waals surface area contributed by atoms with E-state index in [4.69, 9.17) is 15.2 Å². The van der Waals surface area contributed by atoms with Gasteiger partial charge in [-0.05, 0) is 18.2 Å². The van der Waals surface area contributed by atoms with Gasteiger partial charge in [0.05, 0.1) is 12.3 Å². The quantitative estimate of drug-likeness (QED) is 0.798. The van der Waals surface area contributed by atoms with Crippen molar-refractivity contribution in [1.29, 1.82) is 0 Å². The molecule has 0 spiro atoms. The second-order valence-corrected chi connectivity index (χ2v) is 6.04. The predicted octanol–water partition coefficient (Wildman–Crippen LogP) is 2.80. The van der Waals surface area contributed by atoms with E-state index in [1.54, 1.807) is 17.2 Å². The first kappa shape index (κ1) is 19.9. The van der Waals surface area contributed by atoms with Crippen molar-refractivity contribution in [1.82, 2.24) is 4.90 Å². The Morgan fingerprint density at radius 3 is 2.90 bits per heavy atom. The molecule has 2 aliphatic heterocycles. The molecular weight excluding hydrogens is 368 g/mol. The van der Waals surface area contributed by atoms with E-state index in [1.165, 1.54) is 12.6 Å². The Morgan fingerprint density at radius 2 is 2.00 bits per heavy atom. The maximum atomic E-state index is 11.7. The fourth-order valence-electron chi connectivity index (χ4n) is 2.64. The zero-order valence-electron chi connectivity index (χ0n) is 15.8. The molecule has 0 aromatic heterocycles. The summed E-state index contributed by atoms with van der Waals surface area (Å²) in [5.74, 6) is 0.190. The molecule has 0 atom stereocenters. The number of carbonyl (C=O) groups is 1. The topological polar surface area (TPSA) is 89.5 Å². The highest BCUT2D eigenvalue weighted by Crippen LogP contribution is 2.20. The van der Waals surface area contributed by atoms with Crippen LogP contribution in [0.2, 0.25) is 0 Å². The second kappa shape index (κ2) is 10.5. The molecule has 2 heterocycles. The van der Waals surface area contributed by atoms with Crippen molar-refractivity contribution < 1.29 is 14.3 Å². The van der Waals surface area contributed by atoms with Gasteiger partial charge in [-0.2, -0.15) is 0 Å². The van der Waals surface area contributed by atoms with Crippen molar-refractivity contribution in [3.63, 3.8) is 0 Å². The number of aliphatic imine (C=N–C) groups is 2. The number of hydrogen-bond donors (Lipinski definition) is 1. The first-order chi connectivity index (χ1) is 14.2. The highest BCUT2D eigenvalue weighted by atomic mass is 16.5. The molecule has 0 radical (unpaired) electrons. The minimum Gasteiger partial charge on any atom is -0.479 e. The molecule has 29 heavy (non-hydrogen) atoms. The molecule has 0 fully saturated rings. The Morgan fingerprint density at radius 1 is 1.14 bits per heavy atom. The standard InChI is InChI=1S/C22H22N4O3/c23-22(27)20-14-19-15-26(20)12-11-24-16-28-13-7-3-1-2-4-8-18-9-5-6-10-21(18)29-17-25-19/h1-12,14,16H,13,15,17H2,(H2,23,27)/b2-1-,7-3-,8-4-,12-11-,24-16?,25-19-. The lowest BCUT2D eigenvalue weighted by Crippen LogP contribution is -2.25. The Labute approximate surface area is 169 Å². The van der Waals surface area contributed by atoms with Crippen molar-refractivity contribution in [2.24, 2.45) is 15.7 Å². The van der Waals surface area contributed by atoms with Crippen LogP contribution in [0.1, 0.15) is 5.56 Å². The molecule has 148 valence electrons. The van der Waals surface area contributed by atoms with Crippen LogP contribution in [0, 0.1) is 0 Å². The van der Waals surface area contributed by atoms with Crippen LogP contribution < -0.4 is 10.5 Å². The fraction of sp³-hybridized carbons (Fsp3) is 0.136. The van der Waals surface area contributed by atoms with Gasteiger partial charge in [0.15, 0.2) is 13.1 Å². The lowest BCUT2D eigenvalue weighted by atomic mass is 10.2. The average Bonchev–Trinajstić information content (AvgIpc) is 3.12. The summed E-state index contributed by atoms with van der Waals surface area (Å²) >= 11 is 0. The van der Waals surface area contributed by atoms with Crippen LogP contribution in [-0.2, 0) is 9.53 Å². The molecule has 0 saturated heterocycles. The Balaban J connectivity index is 1.82. The van der Waals surface area contributed by atoms with Crippen molar-refractivity contribution >= 4 is 24.1 Å². The number of nitrogens with two attached hydrogens (primary N) is 1. The number of ether oxygens (including phenoxy) is 2. The van der Waals surface area contributed by atoms with Gasteiger partial charge in [-0.1, -0.05) is 48.6 Å². The summed E-state index contributed by atoms with van der Waals surface area (Å²) in [6.45, 7) is 0.934. The van der Waals surface area contributed by atoms with E-state index < -0.39 is 5.91 Å². The van der Waals surface area contributed by atoms with E-state index in [-0.39, 0.29) is 6.73 Å². The number of amides is 1. The third-order valence-electron chi connectivity index (χ3n) is 4.01. The zero-order valence-corrected chi connectivity index (χ0v) is 15.8. The van der Waals surface area contributed by atoms with Gasteiger partial charge in [0.25, 0.3) is 5.91 Å². The normalized spacial score (nSPS) is 23.2.